The minimum absolute atomic E-state index is 0.0694. The number of nitrogens with one attached hydrogen (secondary N) is 2. The van der Waals surface area contributed by atoms with E-state index in [-0.39, 0.29) is 25.0 Å². The Labute approximate surface area is 204 Å². The first-order chi connectivity index (χ1) is 16.0. The lowest BCUT2D eigenvalue weighted by molar-refractivity contribution is -0.161. The van der Waals surface area contributed by atoms with Crippen molar-refractivity contribution < 1.29 is 23.9 Å². The number of hydrogen-bond donors (Lipinski definition) is 2. The third-order valence-electron chi connectivity index (χ3n) is 6.03. The summed E-state index contributed by atoms with van der Waals surface area (Å²) in [7, 11) is 0. The van der Waals surface area contributed by atoms with Gasteiger partial charge < -0.3 is 15.4 Å². The van der Waals surface area contributed by atoms with Gasteiger partial charge in [-0.1, -0.05) is 77.3 Å². The van der Waals surface area contributed by atoms with Crippen LogP contribution >= 0.6 is 0 Å². The van der Waals surface area contributed by atoms with E-state index in [0.717, 1.165) is 24.8 Å². The lowest BCUT2D eigenvalue weighted by Gasteiger charge is -2.30. The van der Waals surface area contributed by atoms with Crippen molar-refractivity contribution in [3.05, 3.63) is 35.9 Å². The number of rotatable bonds is 15. The Morgan fingerprint density at radius 1 is 0.971 bits per heavy atom. The average Bonchev–Trinajstić information content (AvgIpc) is 2.81. The predicted molar refractivity (Wildman–Crippen MR) is 133 cm³/mol. The third kappa shape index (κ3) is 10.1. The first-order valence-electron chi connectivity index (χ1n) is 12.3. The second-order valence-electron chi connectivity index (χ2n) is 9.90. The number of carbonyl (C=O) groups is 4. The Morgan fingerprint density at radius 3 is 2.21 bits per heavy atom. The van der Waals surface area contributed by atoms with Gasteiger partial charge in [-0.25, -0.2) is 0 Å². The fraction of sp³-hybridized carbons (Fsp3) is 0.630. The Bertz CT molecular complexity index is 804. The Morgan fingerprint density at radius 2 is 1.62 bits per heavy atom. The van der Waals surface area contributed by atoms with Crippen molar-refractivity contribution in [1.82, 2.24) is 10.6 Å². The normalized spacial score (nSPS) is 13.1. The molecule has 34 heavy (non-hydrogen) atoms. The molecule has 0 saturated heterocycles. The molecule has 2 atom stereocenters. The topological polar surface area (TPSA) is 102 Å². The second-order valence-corrected chi connectivity index (χ2v) is 9.90. The molecule has 2 unspecified atom stereocenters. The smallest absolute Gasteiger partial charge is 0.319 e. The molecule has 190 valence electrons. The van der Waals surface area contributed by atoms with Gasteiger partial charge in [-0.15, -0.1) is 0 Å². The zero-order chi connectivity index (χ0) is 25.7. The number of Topliss-reactive ketones (excluding diaryl/α,β-unsaturated/α-hetero) is 1. The van der Waals surface area contributed by atoms with Gasteiger partial charge in [0.2, 0.25) is 11.8 Å². The summed E-state index contributed by atoms with van der Waals surface area (Å²) in [4.78, 5) is 50.6. The van der Waals surface area contributed by atoms with Crippen molar-refractivity contribution in [1.29, 1.82) is 0 Å². The maximum Gasteiger partial charge on any atom is 0.319 e. The molecule has 0 aliphatic rings. The van der Waals surface area contributed by atoms with E-state index >= 15 is 0 Å². The highest BCUT2D eigenvalue weighted by Crippen LogP contribution is 2.25. The van der Waals surface area contributed by atoms with E-state index in [0.29, 0.717) is 18.8 Å². The van der Waals surface area contributed by atoms with E-state index in [2.05, 4.69) is 24.5 Å². The van der Waals surface area contributed by atoms with E-state index in [1.165, 1.54) is 13.8 Å². The van der Waals surface area contributed by atoms with Crippen LogP contribution in [0, 0.1) is 17.3 Å². The molecule has 0 spiro atoms. The molecule has 0 fully saturated rings. The van der Waals surface area contributed by atoms with Crippen LogP contribution < -0.4 is 10.6 Å². The number of ether oxygens (including phenoxy) is 1. The van der Waals surface area contributed by atoms with Crippen molar-refractivity contribution in [2.75, 3.05) is 6.54 Å². The molecule has 1 aromatic rings. The number of benzene rings is 1. The second kappa shape index (κ2) is 14.5. The summed E-state index contributed by atoms with van der Waals surface area (Å²) < 4.78 is 5.39. The molecule has 0 radical (unpaired) electrons. The Kier molecular flexibility index (Phi) is 12.5. The van der Waals surface area contributed by atoms with E-state index in [1.54, 1.807) is 0 Å². The van der Waals surface area contributed by atoms with E-state index in [9.17, 15) is 19.2 Å². The first-order valence-corrected chi connectivity index (χ1v) is 12.3. The van der Waals surface area contributed by atoms with Gasteiger partial charge in [0.15, 0.2) is 5.78 Å². The average molecular weight is 475 g/mol. The molecule has 0 aliphatic carbocycles. The van der Waals surface area contributed by atoms with Crippen LogP contribution in [0.5, 0.6) is 0 Å². The van der Waals surface area contributed by atoms with Gasteiger partial charge >= 0.3 is 5.97 Å². The standard InChI is InChI=1S/C27H42N2O5/c1-7-20(4)24(29-23(31)17-28-22(30)16-12-11-13-19(2)3)25(32)27(5,6)26(33)34-18-21-14-9-8-10-15-21/h8-10,14-15,19-20,24H,7,11-13,16-18H2,1-6H3,(H,28,30)(H,29,31). The molecular weight excluding hydrogens is 432 g/mol. The van der Waals surface area contributed by atoms with Crippen LogP contribution in [0.15, 0.2) is 30.3 Å². The van der Waals surface area contributed by atoms with Gasteiger partial charge in [-0.2, -0.15) is 0 Å². The molecule has 2 N–H and O–H groups in total. The molecule has 0 aliphatic heterocycles. The fourth-order valence-electron chi connectivity index (χ4n) is 3.42. The lowest BCUT2D eigenvalue weighted by Crippen LogP contribution is -2.54. The number of carbonyl (C=O) groups excluding carboxylic acids is 4. The molecule has 0 bridgehead atoms. The highest BCUT2D eigenvalue weighted by atomic mass is 16.5. The van der Waals surface area contributed by atoms with Crippen molar-refractivity contribution in [3.8, 4) is 0 Å². The minimum Gasteiger partial charge on any atom is -0.460 e. The highest BCUT2D eigenvalue weighted by molar-refractivity contribution is 6.06. The number of ketones is 1. The zero-order valence-electron chi connectivity index (χ0n) is 21.6. The third-order valence-corrected chi connectivity index (χ3v) is 6.03. The lowest BCUT2D eigenvalue weighted by atomic mass is 9.79. The molecule has 0 aromatic heterocycles. The van der Waals surface area contributed by atoms with E-state index in [4.69, 9.17) is 4.74 Å². The van der Waals surface area contributed by atoms with Crippen molar-refractivity contribution >= 4 is 23.6 Å². The van der Waals surface area contributed by atoms with Gasteiger partial charge in [0.05, 0.1) is 12.6 Å². The highest BCUT2D eigenvalue weighted by Gasteiger charge is 2.43. The molecule has 1 rings (SSSR count). The van der Waals surface area contributed by atoms with Crippen LogP contribution in [0.2, 0.25) is 0 Å². The molecule has 0 saturated carbocycles. The summed E-state index contributed by atoms with van der Waals surface area (Å²) in [5, 5.41) is 5.35. The number of unbranched alkanes of at least 4 members (excludes halogenated alkanes) is 1. The zero-order valence-corrected chi connectivity index (χ0v) is 21.6. The maximum atomic E-state index is 13.3. The Balaban J connectivity index is 2.66. The molecule has 7 nitrogen and oxygen atoms in total. The number of amides is 2. The van der Waals surface area contributed by atoms with Crippen LogP contribution in [0.25, 0.3) is 0 Å². The van der Waals surface area contributed by atoms with Crippen molar-refractivity contribution in [3.63, 3.8) is 0 Å². The summed E-state index contributed by atoms with van der Waals surface area (Å²) in [6.07, 6.45) is 3.81. The van der Waals surface area contributed by atoms with Gasteiger partial charge in [-0.3, -0.25) is 19.2 Å². The largest absolute Gasteiger partial charge is 0.460 e. The summed E-state index contributed by atoms with van der Waals surface area (Å²) in [6.45, 7) is 10.9. The van der Waals surface area contributed by atoms with E-state index < -0.39 is 29.1 Å². The van der Waals surface area contributed by atoms with Gasteiger partial charge in [0.1, 0.15) is 12.0 Å². The molecule has 7 heteroatoms. The molecule has 0 heterocycles. The van der Waals surface area contributed by atoms with Gasteiger partial charge in [0, 0.05) is 6.42 Å². The monoisotopic (exact) mass is 474 g/mol. The van der Waals surface area contributed by atoms with Gasteiger partial charge in [0.25, 0.3) is 0 Å². The van der Waals surface area contributed by atoms with Crippen LogP contribution in [0.1, 0.15) is 79.2 Å². The van der Waals surface area contributed by atoms with Crippen LogP contribution in [0.4, 0.5) is 0 Å². The number of esters is 1. The summed E-state index contributed by atoms with van der Waals surface area (Å²) in [5.74, 6) is -1.28. The maximum absolute atomic E-state index is 13.3. The predicted octanol–water partition coefficient (Wildman–Crippen LogP) is 4.19. The van der Waals surface area contributed by atoms with Crippen LogP contribution in [-0.2, 0) is 30.5 Å². The number of hydrogen-bond acceptors (Lipinski definition) is 5. The molecule has 2 amide bonds. The SMILES string of the molecule is CCC(C)C(NC(=O)CNC(=O)CCCCC(C)C)C(=O)C(C)(C)C(=O)OCc1ccccc1. The quantitative estimate of drug-likeness (QED) is 0.225. The van der Waals surface area contributed by atoms with Crippen molar-refractivity contribution in [2.45, 2.75) is 86.3 Å². The summed E-state index contributed by atoms with van der Waals surface area (Å²) in [6, 6.07) is 8.37. The van der Waals surface area contributed by atoms with Crippen LogP contribution in [0.3, 0.4) is 0 Å². The molecule has 1 aromatic carbocycles. The van der Waals surface area contributed by atoms with Crippen LogP contribution in [-0.4, -0.2) is 36.2 Å². The summed E-state index contributed by atoms with van der Waals surface area (Å²) >= 11 is 0. The Hall–Kier alpha value is -2.70. The van der Waals surface area contributed by atoms with Gasteiger partial charge in [-0.05, 0) is 37.7 Å². The van der Waals surface area contributed by atoms with E-state index in [1.807, 2.05) is 44.2 Å². The minimum atomic E-state index is -1.43. The fourth-order valence-corrected chi connectivity index (χ4v) is 3.42. The van der Waals surface area contributed by atoms with Crippen molar-refractivity contribution in [2.24, 2.45) is 17.3 Å². The first kappa shape index (κ1) is 29.3. The summed E-state index contributed by atoms with van der Waals surface area (Å²) in [5.41, 5.74) is -0.610. The molecular formula is C27H42N2O5.